The van der Waals surface area contributed by atoms with Crippen molar-refractivity contribution in [3.05, 3.63) is 87.3 Å². The molecule has 8 nitrogen and oxygen atoms in total. The molecular formula is C21H20N4O4. The van der Waals surface area contributed by atoms with Gasteiger partial charge in [-0.05, 0) is 42.3 Å². The number of hydrogen-bond acceptors (Lipinski definition) is 7. The summed E-state index contributed by atoms with van der Waals surface area (Å²) < 4.78 is 10.4. The van der Waals surface area contributed by atoms with Crippen LogP contribution in [0.25, 0.3) is 0 Å². The molecule has 148 valence electrons. The molecule has 0 fully saturated rings. The van der Waals surface area contributed by atoms with E-state index in [-0.39, 0.29) is 17.5 Å². The van der Waals surface area contributed by atoms with E-state index in [1.165, 1.54) is 13.2 Å². The molecule has 1 N–H and O–H groups in total. The van der Waals surface area contributed by atoms with Crippen LogP contribution in [0.4, 0.5) is 5.95 Å². The van der Waals surface area contributed by atoms with E-state index >= 15 is 0 Å². The number of esters is 1. The molecular weight excluding hydrogens is 372 g/mol. The molecule has 1 aromatic heterocycles. The van der Waals surface area contributed by atoms with Crippen molar-refractivity contribution in [3.8, 4) is 5.75 Å². The highest BCUT2D eigenvalue weighted by molar-refractivity contribution is 5.89. The second-order valence-corrected chi connectivity index (χ2v) is 6.23. The maximum Gasteiger partial charge on any atom is 0.337 e. The van der Waals surface area contributed by atoms with E-state index in [0.29, 0.717) is 30.2 Å². The van der Waals surface area contributed by atoms with Crippen molar-refractivity contribution < 1.29 is 14.3 Å². The number of methoxy groups -OCH3 is 1. The summed E-state index contributed by atoms with van der Waals surface area (Å²) in [6, 6.07) is 15.9. The molecule has 3 rings (SSSR count). The molecule has 0 bridgehead atoms. The Labute approximate surface area is 167 Å². The van der Waals surface area contributed by atoms with Crippen LogP contribution in [0.15, 0.2) is 69.6 Å². The van der Waals surface area contributed by atoms with Crippen LogP contribution in [0.3, 0.4) is 0 Å². The predicted octanol–water partition coefficient (Wildman–Crippen LogP) is 3.73. The average Bonchev–Trinajstić information content (AvgIpc) is 2.72. The Kier molecular flexibility index (Phi) is 6.47. The molecule has 0 atom stereocenters. The summed E-state index contributed by atoms with van der Waals surface area (Å²) in [6.07, 6.45) is 0. The summed E-state index contributed by atoms with van der Waals surface area (Å²) in [5, 5.41) is 8.00. The first-order valence-corrected chi connectivity index (χ1v) is 8.88. The van der Waals surface area contributed by atoms with Gasteiger partial charge in [0, 0.05) is 11.8 Å². The molecule has 0 amide bonds. The van der Waals surface area contributed by atoms with E-state index < -0.39 is 0 Å². The smallest absolute Gasteiger partial charge is 0.337 e. The fourth-order valence-corrected chi connectivity index (χ4v) is 2.51. The van der Waals surface area contributed by atoms with Crippen molar-refractivity contribution in [2.75, 3.05) is 7.11 Å². The first kappa shape index (κ1) is 19.9. The number of benzene rings is 2. The summed E-state index contributed by atoms with van der Waals surface area (Å²) >= 11 is 0. The van der Waals surface area contributed by atoms with E-state index in [1.54, 1.807) is 19.1 Å². The number of nitrogens with zero attached hydrogens (tertiary/aromatic N) is 3. The molecule has 0 aliphatic rings. The maximum absolute atomic E-state index is 11.4. The number of azo groups is 1. The minimum absolute atomic E-state index is 0.188. The summed E-state index contributed by atoms with van der Waals surface area (Å²) in [6.45, 7) is 2.46. The highest BCUT2D eigenvalue weighted by Crippen LogP contribution is 2.16. The molecule has 1 heterocycles. The Morgan fingerprint density at radius 3 is 2.41 bits per heavy atom. The zero-order valence-electron chi connectivity index (χ0n) is 16.1. The highest BCUT2D eigenvalue weighted by atomic mass is 16.5. The molecule has 0 radical (unpaired) electrons. The first-order valence-electron chi connectivity index (χ1n) is 8.88. The van der Waals surface area contributed by atoms with Crippen LogP contribution in [-0.2, 0) is 17.9 Å². The average molecular weight is 392 g/mol. The number of ether oxygens (including phenoxy) is 2. The zero-order valence-corrected chi connectivity index (χ0v) is 16.1. The Bertz CT molecular complexity index is 1060. The third kappa shape index (κ3) is 5.83. The van der Waals surface area contributed by atoms with Gasteiger partial charge in [-0.3, -0.25) is 9.78 Å². The van der Waals surface area contributed by atoms with Gasteiger partial charge in [-0.25, -0.2) is 9.78 Å². The van der Waals surface area contributed by atoms with Crippen LogP contribution in [0.1, 0.15) is 27.2 Å². The van der Waals surface area contributed by atoms with E-state index in [1.807, 2.05) is 36.4 Å². The van der Waals surface area contributed by atoms with E-state index in [0.717, 1.165) is 11.1 Å². The molecule has 29 heavy (non-hydrogen) atoms. The molecule has 0 spiro atoms. The van der Waals surface area contributed by atoms with Gasteiger partial charge in [-0.1, -0.05) is 24.3 Å². The molecule has 0 saturated carbocycles. The number of carbonyl (C=O) groups is 1. The molecule has 0 aliphatic carbocycles. The Balaban J connectivity index is 1.52. The largest absolute Gasteiger partial charge is 0.489 e. The first-order chi connectivity index (χ1) is 14.0. The van der Waals surface area contributed by atoms with Crippen molar-refractivity contribution in [1.29, 1.82) is 0 Å². The monoisotopic (exact) mass is 392 g/mol. The van der Waals surface area contributed by atoms with E-state index in [9.17, 15) is 9.59 Å². The molecule has 8 heteroatoms. The van der Waals surface area contributed by atoms with Gasteiger partial charge in [-0.2, -0.15) is 5.11 Å². The second kappa shape index (κ2) is 9.41. The Morgan fingerprint density at radius 2 is 1.76 bits per heavy atom. The number of nitrogens with one attached hydrogen (secondary N) is 1. The Hall–Kier alpha value is -3.81. The number of aromatic amines is 1. The fourth-order valence-electron chi connectivity index (χ4n) is 2.51. The van der Waals surface area contributed by atoms with Crippen LogP contribution >= 0.6 is 0 Å². The molecule has 0 saturated heterocycles. The molecule has 0 unspecified atom stereocenters. The van der Waals surface area contributed by atoms with Gasteiger partial charge in [0.2, 0.25) is 5.95 Å². The minimum Gasteiger partial charge on any atom is -0.489 e. The number of rotatable bonds is 7. The second-order valence-electron chi connectivity index (χ2n) is 6.23. The predicted molar refractivity (Wildman–Crippen MR) is 106 cm³/mol. The van der Waals surface area contributed by atoms with E-state index in [4.69, 9.17) is 4.74 Å². The van der Waals surface area contributed by atoms with Gasteiger partial charge in [0.15, 0.2) is 0 Å². The number of aryl methyl sites for hydroxylation is 1. The number of hydrogen-bond donors (Lipinski definition) is 1. The van der Waals surface area contributed by atoms with Crippen LogP contribution < -0.4 is 10.3 Å². The van der Waals surface area contributed by atoms with Crippen LogP contribution in [0.2, 0.25) is 0 Å². The third-order valence-electron chi connectivity index (χ3n) is 3.98. The van der Waals surface area contributed by atoms with Gasteiger partial charge in [0.05, 0.1) is 19.2 Å². The molecule has 2 aromatic carbocycles. The third-order valence-corrected chi connectivity index (χ3v) is 3.98. The normalized spacial score (nSPS) is 10.8. The van der Waals surface area contributed by atoms with Gasteiger partial charge >= 0.3 is 5.97 Å². The number of H-pyrrole nitrogens is 1. The lowest BCUT2D eigenvalue weighted by molar-refractivity contribution is 0.0600. The van der Waals surface area contributed by atoms with Crippen LogP contribution in [0, 0.1) is 6.92 Å². The number of carbonyl (C=O) groups excluding carboxylic acids is 1. The summed E-state index contributed by atoms with van der Waals surface area (Å²) in [5.74, 6) is 0.537. The fraction of sp³-hybridized carbons (Fsp3) is 0.190. The van der Waals surface area contributed by atoms with Crippen molar-refractivity contribution in [1.82, 2.24) is 9.97 Å². The summed E-state index contributed by atoms with van der Waals surface area (Å²) in [4.78, 5) is 29.4. The van der Waals surface area contributed by atoms with Crippen molar-refractivity contribution >= 4 is 11.9 Å². The van der Waals surface area contributed by atoms with Crippen LogP contribution in [-0.4, -0.2) is 23.0 Å². The summed E-state index contributed by atoms with van der Waals surface area (Å²) in [7, 11) is 1.35. The molecule has 0 aliphatic heterocycles. The lowest BCUT2D eigenvalue weighted by atomic mass is 10.1. The highest BCUT2D eigenvalue weighted by Gasteiger charge is 2.04. The van der Waals surface area contributed by atoms with Crippen LogP contribution in [0.5, 0.6) is 5.75 Å². The molecule has 3 aromatic rings. The number of aromatic nitrogens is 2. The van der Waals surface area contributed by atoms with Gasteiger partial charge in [0.25, 0.3) is 5.56 Å². The minimum atomic E-state index is -0.366. The lowest BCUT2D eigenvalue weighted by Gasteiger charge is -2.07. The summed E-state index contributed by atoms with van der Waals surface area (Å²) in [5.41, 5.74) is 2.71. The topological polar surface area (TPSA) is 106 Å². The maximum atomic E-state index is 11.4. The zero-order chi connectivity index (χ0) is 20.6. The lowest BCUT2D eigenvalue weighted by Crippen LogP contribution is -2.05. The quantitative estimate of drug-likeness (QED) is 0.487. The van der Waals surface area contributed by atoms with Gasteiger partial charge in [-0.15, -0.1) is 5.11 Å². The van der Waals surface area contributed by atoms with Crippen molar-refractivity contribution in [2.24, 2.45) is 10.2 Å². The van der Waals surface area contributed by atoms with Crippen molar-refractivity contribution in [3.63, 3.8) is 0 Å². The van der Waals surface area contributed by atoms with E-state index in [2.05, 4.69) is 24.9 Å². The van der Waals surface area contributed by atoms with Gasteiger partial charge in [0.1, 0.15) is 12.4 Å². The Morgan fingerprint density at radius 1 is 1.07 bits per heavy atom. The van der Waals surface area contributed by atoms with Gasteiger partial charge < -0.3 is 9.47 Å². The standard InChI is InChI=1S/C21H20N4O4/c1-14-11-19(26)24-21(23-14)25-22-12-15-5-9-18(10-6-15)29-13-16-3-7-17(8-4-16)20(27)28-2/h3-11H,12-13H2,1-2H3,(H,23,24,26). The SMILES string of the molecule is COC(=O)c1ccc(COc2ccc(CN=Nc3nc(C)cc(=O)[nH]3)cc2)cc1. The van der Waals surface area contributed by atoms with Crippen molar-refractivity contribution in [2.45, 2.75) is 20.1 Å².